The minimum Gasteiger partial charge on any atom is -0.496 e. The first-order chi connectivity index (χ1) is 13.1. The number of thioether (sulfide) groups is 1. The van der Waals surface area contributed by atoms with Crippen molar-refractivity contribution < 1.29 is 9.53 Å². The van der Waals surface area contributed by atoms with Gasteiger partial charge in [-0.05, 0) is 58.7 Å². The Kier molecular flexibility index (Phi) is 6.52. The number of carbonyl (C=O) groups excluding carboxylic acids is 1. The van der Waals surface area contributed by atoms with E-state index in [4.69, 9.17) is 4.74 Å². The highest BCUT2D eigenvalue weighted by Crippen LogP contribution is 2.25. The van der Waals surface area contributed by atoms with Crippen molar-refractivity contribution in [1.82, 2.24) is 15.0 Å². The topological polar surface area (TPSA) is 68.5 Å². The highest BCUT2D eigenvalue weighted by Gasteiger charge is 2.11. The first-order valence-electron chi connectivity index (χ1n) is 8.36. The van der Waals surface area contributed by atoms with Crippen molar-refractivity contribution >= 4 is 50.8 Å². The number of halogens is 1. The Morgan fingerprint density at radius 1 is 1.37 bits per heavy atom. The van der Waals surface area contributed by atoms with Crippen molar-refractivity contribution in [2.24, 2.45) is 5.10 Å². The number of rotatable bonds is 7. The average molecular weight is 447 g/mol. The third-order valence-corrected chi connectivity index (χ3v) is 5.44. The van der Waals surface area contributed by atoms with Crippen LogP contribution in [0.4, 0.5) is 0 Å². The molecule has 1 heterocycles. The molecule has 8 heteroatoms. The van der Waals surface area contributed by atoms with Crippen LogP contribution < -0.4 is 10.2 Å². The third kappa shape index (κ3) is 4.70. The number of nitrogens with zero attached hydrogens (tertiary/aromatic N) is 3. The standard InChI is InChI=1S/C19H19BrN4O2S/c1-3-24-16-7-5-4-6-15(16)22-19(24)27-12-18(25)23-21-11-13-8-9-17(26-2)14(20)10-13/h4-11H,3,12H2,1-2H3,(H,23,25). The van der Waals surface area contributed by atoms with E-state index in [9.17, 15) is 4.79 Å². The molecule has 1 aromatic heterocycles. The molecule has 1 N–H and O–H groups in total. The molecule has 0 saturated carbocycles. The van der Waals surface area contributed by atoms with Crippen molar-refractivity contribution in [3.05, 3.63) is 52.5 Å². The summed E-state index contributed by atoms with van der Waals surface area (Å²) in [5.74, 6) is 0.803. The average Bonchev–Trinajstić information content (AvgIpc) is 3.04. The van der Waals surface area contributed by atoms with E-state index in [-0.39, 0.29) is 11.7 Å². The number of hydrogen-bond acceptors (Lipinski definition) is 5. The number of fused-ring (bicyclic) bond motifs is 1. The Morgan fingerprint density at radius 3 is 2.93 bits per heavy atom. The molecule has 0 fully saturated rings. The minimum atomic E-state index is -0.182. The summed E-state index contributed by atoms with van der Waals surface area (Å²) in [7, 11) is 1.61. The lowest BCUT2D eigenvalue weighted by Gasteiger charge is -2.05. The molecule has 1 amide bonds. The van der Waals surface area contributed by atoms with Crippen LogP contribution in [0, 0.1) is 0 Å². The molecule has 0 atom stereocenters. The number of amides is 1. The molecule has 0 bridgehead atoms. The van der Waals surface area contributed by atoms with Crippen LogP contribution in [0.25, 0.3) is 11.0 Å². The third-order valence-electron chi connectivity index (χ3n) is 3.85. The number of aryl methyl sites for hydroxylation is 1. The van der Waals surface area contributed by atoms with Crippen LogP contribution in [0.5, 0.6) is 5.75 Å². The van der Waals surface area contributed by atoms with Crippen molar-refractivity contribution in [2.75, 3.05) is 12.9 Å². The van der Waals surface area contributed by atoms with E-state index in [1.165, 1.54) is 11.8 Å². The summed E-state index contributed by atoms with van der Waals surface area (Å²) in [5, 5.41) is 4.84. The second kappa shape index (κ2) is 9.05. The van der Waals surface area contributed by atoms with Crippen LogP contribution in [0.3, 0.4) is 0 Å². The SMILES string of the molecule is CCn1c(SCC(=O)NN=Cc2ccc(OC)c(Br)c2)nc2ccccc21. The number of para-hydroxylation sites is 2. The molecule has 140 valence electrons. The normalized spacial score (nSPS) is 11.2. The smallest absolute Gasteiger partial charge is 0.250 e. The number of hydrogen-bond donors (Lipinski definition) is 1. The van der Waals surface area contributed by atoms with Gasteiger partial charge < -0.3 is 9.30 Å². The highest BCUT2D eigenvalue weighted by atomic mass is 79.9. The molecule has 6 nitrogen and oxygen atoms in total. The maximum absolute atomic E-state index is 12.1. The number of carbonyl (C=O) groups is 1. The van der Waals surface area contributed by atoms with Crippen LogP contribution in [0.1, 0.15) is 12.5 Å². The lowest BCUT2D eigenvalue weighted by Crippen LogP contribution is -2.20. The fraction of sp³-hybridized carbons (Fsp3) is 0.211. The Hall–Kier alpha value is -2.32. The van der Waals surface area contributed by atoms with E-state index in [0.29, 0.717) is 0 Å². The van der Waals surface area contributed by atoms with Gasteiger partial charge in [0, 0.05) is 6.54 Å². The molecule has 27 heavy (non-hydrogen) atoms. The van der Waals surface area contributed by atoms with Gasteiger partial charge >= 0.3 is 0 Å². The molecule has 0 spiro atoms. The predicted octanol–water partition coefficient (Wildman–Crippen LogP) is 4.07. The number of ether oxygens (including phenoxy) is 1. The minimum absolute atomic E-state index is 0.182. The van der Waals surface area contributed by atoms with Crippen LogP contribution >= 0.6 is 27.7 Å². The van der Waals surface area contributed by atoms with Crippen molar-refractivity contribution in [3.63, 3.8) is 0 Å². The number of aromatic nitrogens is 2. The van der Waals surface area contributed by atoms with E-state index in [1.807, 2.05) is 42.5 Å². The lowest BCUT2D eigenvalue weighted by atomic mass is 10.2. The zero-order valence-corrected chi connectivity index (χ0v) is 17.4. The van der Waals surface area contributed by atoms with Gasteiger partial charge in [0.25, 0.3) is 5.91 Å². The van der Waals surface area contributed by atoms with E-state index < -0.39 is 0 Å². The van der Waals surface area contributed by atoms with Gasteiger partial charge in [0.1, 0.15) is 5.75 Å². The predicted molar refractivity (Wildman–Crippen MR) is 113 cm³/mol. The fourth-order valence-corrected chi connectivity index (χ4v) is 4.00. The Labute approximate surface area is 170 Å². The quantitative estimate of drug-likeness (QED) is 0.337. The summed E-state index contributed by atoms with van der Waals surface area (Å²) in [6, 6.07) is 13.5. The van der Waals surface area contributed by atoms with Gasteiger partial charge in [0.15, 0.2) is 5.16 Å². The Bertz CT molecular complexity index is 987. The summed E-state index contributed by atoms with van der Waals surface area (Å²) in [6.07, 6.45) is 1.59. The Balaban J connectivity index is 1.58. The van der Waals surface area contributed by atoms with Gasteiger partial charge in [0.2, 0.25) is 0 Å². The molecule has 0 saturated heterocycles. The number of imidazole rings is 1. The zero-order valence-electron chi connectivity index (χ0n) is 15.0. The van der Waals surface area contributed by atoms with Crippen molar-refractivity contribution in [2.45, 2.75) is 18.6 Å². The molecular formula is C19H19BrN4O2S. The number of nitrogens with one attached hydrogen (secondary N) is 1. The van der Waals surface area contributed by atoms with E-state index in [1.54, 1.807) is 13.3 Å². The highest BCUT2D eigenvalue weighted by molar-refractivity contribution is 9.10. The molecule has 2 aromatic carbocycles. The number of methoxy groups -OCH3 is 1. The largest absolute Gasteiger partial charge is 0.496 e. The van der Waals surface area contributed by atoms with E-state index >= 15 is 0 Å². The molecule has 0 radical (unpaired) electrons. The summed E-state index contributed by atoms with van der Waals surface area (Å²) in [5.41, 5.74) is 5.41. The number of benzene rings is 2. The summed E-state index contributed by atoms with van der Waals surface area (Å²) >= 11 is 4.82. The fourth-order valence-electron chi connectivity index (χ4n) is 2.57. The zero-order chi connectivity index (χ0) is 19.2. The van der Waals surface area contributed by atoms with E-state index in [2.05, 4.69) is 42.9 Å². The van der Waals surface area contributed by atoms with Gasteiger partial charge in [-0.3, -0.25) is 4.79 Å². The second-order valence-electron chi connectivity index (χ2n) is 5.60. The van der Waals surface area contributed by atoms with Crippen molar-refractivity contribution in [3.8, 4) is 5.75 Å². The van der Waals surface area contributed by atoms with Crippen LogP contribution in [0.2, 0.25) is 0 Å². The first kappa shape index (κ1) is 19.4. The van der Waals surface area contributed by atoms with Crippen LogP contribution in [-0.2, 0) is 11.3 Å². The number of hydrazone groups is 1. The molecule has 3 aromatic rings. The lowest BCUT2D eigenvalue weighted by molar-refractivity contribution is -0.118. The van der Waals surface area contributed by atoms with Crippen LogP contribution in [-0.4, -0.2) is 34.5 Å². The summed E-state index contributed by atoms with van der Waals surface area (Å²) < 4.78 is 8.12. The van der Waals surface area contributed by atoms with Gasteiger partial charge in [0.05, 0.1) is 34.6 Å². The van der Waals surface area contributed by atoms with Gasteiger partial charge in [-0.1, -0.05) is 23.9 Å². The molecule has 0 aliphatic rings. The molecule has 0 aliphatic carbocycles. The van der Waals surface area contributed by atoms with Gasteiger partial charge in [-0.15, -0.1) is 0 Å². The maximum atomic E-state index is 12.1. The molecule has 0 aliphatic heterocycles. The monoisotopic (exact) mass is 446 g/mol. The van der Waals surface area contributed by atoms with E-state index in [0.717, 1.165) is 38.5 Å². The van der Waals surface area contributed by atoms with Crippen molar-refractivity contribution in [1.29, 1.82) is 0 Å². The maximum Gasteiger partial charge on any atom is 0.250 e. The summed E-state index contributed by atoms with van der Waals surface area (Å²) in [6.45, 7) is 2.87. The molecular weight excluding hydrogens is 428 g/mol. The van der Waals surface area contributed by atoms with Gasteiger partial charge in [-0.2, -0.15) is 5.10 Å². The van der Waals surface area contributed by atoms with Gasteiger partial charge in [-0.25, -0.2) is 10.4 Å². The molecule has 0 unspecified atom stereocenters. The second-order valence-corrected chi connectivity index (χ2v) is 7.40. The van der Waals surface area contributed by atoms with Crippen LogP contribution in [0.15, 0.2) is 57.2 Å². The first-order valence-corrected chi connectivity index (χ1v) is 10.1. The summed E-state index contributed by atoms with van der Waals surface area (Å²) in [4.78, 5) is 16.7. The molecule has 3 rings (SSSR count). The Morgan fingerprint density at radius 2 is 2.19 bits per heavy atom.